The Balaban J connectivity index is 2.36. The van der Waals surface area contributed by atoms with Gasteiger partial charge in [0, 0.05) is 0 Å². The molecule has 0 saturated carbocycles. The molecule has 0 amide bonds. The van der Waals surface area contributed by atoms with Crippen LogP contribution in [0.3, 0.4) is 0 Å². The first-order valence-electron chi connectivity index (χ1n) is 6.42. The number of aromatic nitrogens is 2. The predicted molar refractivity (Wildman–Crippen MR) is 81.9 cm³/mol. The number of hydrogen-bond donors (Lipinski definition) is 0. The van der Waals surface area contributed by atoms with Crippen molar-refractivity contribution in [3.8, 4) is 11.4 Å². The number of imidazole rings is 1. The number of benzene rings is 2. The zero-order valence-corrected chi connectivity index (χ0v) is 12.2. The maximum Gasteiger partial charge on any atom is 0.142 e. The van der Waals surface area contributed by atoms with Crippen LogP contribution < -0.4 is 4.74 Å². The summed E-state index contributed by atoms with van der Waals surface area (Å²) < 4.78 is 7.52. The number of nitrogens with zero attached hydrogens (tertiary/aromatic N) is 2. The highest BCUT2D eigenvalue weighted by molar-refractivity contribution is 6.17. The molecule has 0 unspecified atom stereocenters. The monoisotopic (exact) mass is 286 g/mol. The van der Waals surface area contributed by atoms with Gasteiger partial charge >= 0.3 is 0 Å². The summed E-state index contributed by atoms with van der Waals surface area (Å²) >= 11 is 6.06. The number of methoxy groups -OCH3 is 1. The minimum Gasteiger partial charge on any atom is -0.495 e. The standard InChI is InChI=1S/C16H15ClN2O/c1-11-7-8-12-14(9-11)19(16(10-17)18-12)13-5-3-4-6-15(13)20-2/h3-9H,10H2,1-2H3. The molecule has 0 radical (unpaired) electrons. The van der Waals surface area contributed by atoms with Crippen molar-refractivity contribution in [2.75, 3.05) is 7.11 Å². The van der Waals surface area contributed by atoms with Gasteiger partial charge in [0.05, 0.1) is 29.7 Å². The molecular formula is C16H15ClN2O. The van der Waals surface area contributed by atoms with Gasteiger partial charge in [0.2, 0.25) is 0 Å². The highest BCUT2D eigenvalue weighted by Gasteiger charge is 2.14. The molecule has 0 spiro atoms. The molecule has 0 bridgehead atoms. The molecule has 3 nitrogen and oxygen atoms in total. The average Bonchev–Trinajstić information content (AvgIpc) is 2.84. The molecule has 4 heteroatoms. The largest absolute Gasteiger partial charge is 0.495 e. The van der Waals surface area contributed by atoms with Gasteiger partial charge in [-0.1, -0.05) is 18.2 Å². The Labute approximate surface area is 122 Å². The van der Waals surface area contributed by atoms with E-state index in [0.717, 1.165) is 28.3 Å². The Morgan fingerprint density at radius 1 is 1.20 bits per heavy atom. The van der Waals surface area contributed by atoms with Crippen LogP contribution in [0.5, 0.6) is 5.75 Å². The van der Waals surface area contributed by atoms with Crippen molar-refractivity contribution in [3.63, 3.8) is 0 Å². The van der Waals surface area contributed by atoms with Gasteiger partial charge in [-0.3, -0.25) is 4.57 Å². The topological polar surface area (TPSA) is 27.1 Å². The Kier molecular flexibility index (Phi) is 3.36. The molecule has 0 atom stereocenters. The summed E-state index contributed by atoms with van der Waals surface area (Å²) in [5.74, 6) is 1.97. The number of para-hydroxylation sites is 2. The summed E-state index contributed by atoms with van der Waals surface area (Å²) in [6.07, 6.45) is 0. The van der Waals surface area contributed by atoms with E-state index in [-0.39, 0.29) is 0 Å². The second-order valence-corrected chi connectivity index (χ2v) is 4.93. The Morgan fingerprint density at radius 3 is 2.75 bits per heavy atom. The molecule has 1 aromatic heterocycles. The second kappa shape index (κ2) is 5.17. The second-order valence-electron chi connectivity index (χ2n) is 4.66. The van der Waals surface area contributed by atoms with Gasteiger partial charge in [-0.2, -0.15) is 0 Å². The fourth-order valence-corrected chi connectivity index (χ4v) is 2.59. The molecule has 0 N–H and O–H groups in total. The predicted octanol–water partition coefficient (Wildman–Crippen LogP) is 4.08. The summed E-state index contributed by atoms with van der Waals surface area (Å²) in [5, 5.41) is 0. The SMILES string of the molecule is COc1ccccc1-n1c(CCl)nc2ccc(C)cc21. The number of hydrogen-bond acceptors (Lipinski definition) is 2. The maximum absolute atomic E-state index is 6.06. The van der Waals surface area contributed by atoms with Crippen LogP contribution in [0.4, 0.5) is 0 Å². The minimum absolute atomic E-state index is 0.353. The van der Waals surface area contributed by atoms with E-state index in [4.69, 9.17) is 16.3 Å². The molecule has 102 valence electrons. The highest BCUT2D eigenvalue weighted by atomic mass is 35.5. The van der Waals surface area contributed by atoms with Crippen LogP contribution in [0.25, 0.3) is 16.7 Å². The average molecular weight is 287 g/mol. The van der Waals surface area contributed by atoms with Crippen molar-refractivity contribution >= 4 is 22.6 Å². The van der Waals surface area contributed by atoms with E-state index in [2.05, 4.69) is 28.6 Å². The normalized spacial score (nSPS) is 10.9. The van der Waals surface area contributed by atoms with E-state index < -0.39 is 0 Å². The van der Waals surface area contributed by atoms with Gasteiger partial charge in [-0.05, 0) is 36.8 Å². The lowest BCUT2D eigenvalue weighted by Crippen LogP contribution is -2.01. The third-order valence-corrected chi connectivity index (χ3v) is 3.56. The molecule has 3 rings (SSSR count). The molecule has 0 aliphatic heterocycles. The van der Waals surface area contributed by atoms with Crippen molar-refractivity contribution in [3.05, 3.63) is 53.9 Å². The number of halogens is 1. The van der Waals surface area contributed by atoms with Crippen LogP contribution in [-0.2, 0) is 5.88 Å². The first kappa shape index (κ1) is 13.0. The summed E-state index contributed by atoms with van der Waals surface area (Å²) in [5.41, 5.74) is 4.13. The van der Waals surface area contributed by atoms with Crippen LogP contribution in [-0.4, -0.2) is 16.7 Å². The third kappa shape index (κ3) is 2.04. The summed E-state index contributed by atoms with van der Waals surface area (Å²) in [7, 11) is 1.67. The summed E-state index contributed by atoms with van der Waals surface area (Å²) in [6, 6.07) is 14.1. The first-order chi connectivity index (χ1) is 9.74. The van der Waals surface area contributed by atoms with E-state index in [1.54, 1.807) is 7.11 Å². The van der Waals surface area contributed by atoms with Crippen LogP contribution in [0.2, 0.25) is 0 Å². The zero-order chi connectivity index (χ0) is 14.1. The van der Waals surface area contributed by atoms with Crippen molar-refractivity contribution in [2.24, 2.45) is 0 Å². The fraction of sp³-hybridized carbons (Fsp3) is 0.188. The molecule has 2 aromatic carbocycles. The van der Waals surface area contributed by atoms with E-state index in [9.17, 15) is 0 Å². The van der Waals surface area contributed by atoms with Gasteiger partial charge in [-0.15, -0.1) is 11.6 Å². The molecule has 0 saturated heterocycles. The van der Waals surface area contributed by atoms with E-state index >= 15 is 0 Å². The number of ether oxygens (including phenoxy) is 1. The molecular weight excluding hydrogens is 272 g/mol. The summed E-state index contributed by atoms with van der Waals surface area (Å²) in [4.78, 5) is 4.60. The van der Waals surface area contributed by atoms with Gasteiger partial charge < -0.3 is 4.74 Å². The number of rotatable bonds is 3. The van der Waals surface area contributed by atoms with Crippen molar-refractivity contribution < 1.29 is 4.74 Å². The van der Waals surface area contributed by atoms with Crippen LogP contribution >= 0.6 is 11.6 Å². The first-order valence-corrected chi connectivity index (χ1v) is 6.95. The molecule has 3 aromatic rings. The Morgan fingerprint density at radius 2 is 2.00 bits per heavy atom. The molecule has 0 aliphatic rings. The van der Waals surface area contributed by atoms with Crippen molar-refractivity contribution in [1.29, 1.82) is 0 Å². The Hall–Kier alpha value is -2.00. The van der Waals surface area contributed by atoms with E-state index in [1.807, 2.05) is 30.3 Å². The minimum atomic E-state index is 0.353. The van der Waals surface area contributed by atoms with Crippen molar-refractivity contribution in [1.82, 2.24) is 9.55 Å². The third-order valence-electron chi connectivity index (χ3n) is 3.33. The maximum atomic E-state index is 6.06. The van der Waals surface area contributed by atoms with Crippen LogP contribution in [0, 0.1) is 6.92 Å². The number of fused-ring (bicyclic) bond motifs is 1. The van der Waals surface area contributed by atoms with Crippen molar-refractivity contribution in [2.45, 2.75) is 12.8 Å². The highest BCUT2D eigenvalue weighted by Crippen LogP contribution is 2.29. The zero-order valence-electron chi connectivity index (χ0n) is 11.4. The van der Waals surface area contributed by atoms with E-state index in [1.165, 1.54) is 5.56 Å². The lowest BCUT2D eigenvalue weighted by molar-refractivity contribution is 0.413. The fourth-order valence-electron chi connectivity index (χ4n) is 2.41. The quantitative estimate of drug-likeness (QED) is 0.678. The van der Waals surface area contributed by atoms with E-state index in [0.29, 0.717) is 5.88 Å². The molecule has 0 aliphatic carbocycles. The lowest BCUT2D eigenvalue weighted by Gasteiger charge is -2.12. The molecule has 20 heavy (non-hydrogen) atoms. The number of aryl methyl sites for hydroxylation is 1. The van der Waals surface area contributed by atoms with Crippen LogP contribution in [0.15, 0.2) is 42.5 Å². The summed E-state index contributed by atoms with van der Waals surface area (Å²) in [6.45, 7) is 2.07. The lowest BCUT2D eigenvalue weighted by atomic mass is 10.2. The smallest absolute Gasteiger partial charge is 0.142 e. The molecule has 1 heterocycles. The van der Waals surface area contributed by atoms with Gasteiger partial charge in [0.15, 0.2) is 0 Å². The number of alkyl halides is 1. The molecule has 0 fully saturated rings. The van der Waals surface area contributed by atoms with Gasteiger partial charge in [-0.25, -0.2) is 4.98 Å². The van der Waals surface area contributed by atoms with Gasteiger partial charge in [0.1, 0.15) is 11.6 Å². The Bertz CT molecular complexity index is 764. The van der Waals surface area contributed by atoms with Crippen LogP contribution in [0.1, 0.15) is 11.4 Å². The van der Waals surface area contributed by atoms with Gasteiger partial charge in [0.25, 0.3) is 0 Å².